The van der Waals surface area contributed by atoms with Gasteiger partial charge in [0.05, 0.1) is 18.1 Å². The number of hydrogen-bond donors (Lipinski definition) is 1. The third-order valence-electron chi connectivity index (χ3n) is 5.28. The third-order valence-corrected chi connectivity index (χ3v) is 7.03. The van der Waals surface area contributed by atoms with Gasteiger partial charge in [0, 0.05) is 37.8 Å². The van der Waals surface area contributed by atoms with E-state index in [2.05, 4.69) is 10.2 Å². The summed E-state index contributed by atoms with van der Waals surface area (Å²) in [6.07, 6.45) is 4.16. The quantitative estimate of drug-likeness (QED) is 0.774. The number of halogens is 1. The maximum absolute atomic E-state index is 12.6. The molecule has 2 bridgehead atoms. The molecule has 3 aliphatic rings. The van der Waals surface area contributed by atoms with Crippen molar-refractivity contribution in [1.29, 1.82) is 0 Å². The second kappa shape index (κ2) is 7.68. The fourth-order valence-electron chi connectivity index (χ4n) is 4.10. The number of nitrogens with one attached hydrogen (secondary N) is 1. The molecule has 0 aliphatic carbocycles. The SMILES string of the molecule is CCN(C(=O)CN1CCC2CCC(C1)N2)C1CCS(=O)(=O)C1.Cl. The Labute approximate surface area is 145 Å². The van der Waals surface area contributed by atoms with Crippen molar-refractivity contribution in [3.8, 4) is 0 Å². The molecule has 23 heavy (non-hydrogen) atoms. The summed E-state index contributed by atoms with van der Waals surface area (Å²) in [4.78, 5) is 16.6. The minimum Gasteiger partial charge on any atom is -0.338 e. The standard InChI is InChI=1S/C15H27N3O3S.ClH/c1-2-18(14-6-8-22(20,21)11-14)15(19)10-17-7-5-12-3-4-13(9-17)16-12;/h12-14,16H,2-11H2,1H3;1H. The molecule has 1 N–H and O–H groups in total. The molecule has 3 saturated heterocycles. The number of likely N-dealkylation sites (N-methyl/N-ethyl adjacent to an activating group) is 1. The molecule has 8 heteroatoms. The van der Waals surface area contributed by atoms with E-state index in [0.717, 1.165) is 19.5 Å². The number of fused-ring (bicyclic) bond motifs is 2. The van der Waals surface area contributed by atoms with Crippen LogP contribution in [0.1, 0.15) is 32.6 Å². The smallest absolute Gasteiger partial charge is 0.237 e. The molecule has 0 aromatic carbocycles. The number of likely N-dealkylation sites (tertiary alicyclic amines) is 1. The maximum atomic E-state index is 12.6. The normalized spacial score (nSPS) is 33.0. The lowest BCUT2D eigenvalue weighted by molar-refractivity contribution is -0.134. The first-order chi connectivity index (χ1) is 10.5. The monoisotopic (exact) mass is 365 g/mol. The first-order valence-corrected chi connectivity index (χ1v) is 10.3. The van der Waals surface area contributed by atoms with E-state index in [1.165, 1.54) is 12.8 Å². The molecule has 0 aromatic heterocycles. The van der Waals surface area contributed by atoms with Crippen molar-refractivity contribution in [1.82, 2.24) is 15.1 Å². The van der Waals surface area contributed by atoms with E-state index in [-0.39, 0.29) is 35.9 Å². The molecule has 3 fully saturated rings. The lowest BCUT2D eigenvalue weighted by Gasteiger charge is -2.30. The summed E-state index contributed by atoms with van der Waals surface area (Å²) >= 11 is 0. The van der Waals surface area contributed by atoms with Crippen LogP contribution < -0.4 is 5.32 Å². The van der Waals surface area contributed by atoms with Crippen LogP contribution in [0.2, 0.25) is 0 Å². The second-order valence-electron chi connectivity index (χ2n) is 6.90. The van der Waals surface area contributed by atoms with Gasteiger partial charge in [0.25, 0.3) is 0 Å². The van der Waals surface area contributed by atoms with Gasteiger partial charge in [-0.3, -0.25) is 9.69 Å². The van der Waals surface area contributed by atoms with Gasteiger partial charge < -0.3 is 10.2 Å². The average Bonchev–Trinajstić information content (AvgIpc) is 2.96. The minimum atomic E-state index is -2.95. The van der Waals surface area contributed by atoms with Crippen LogP contribution in [0.25, 0.3) is 0 Å². The van der Waals surface area contributed by atoms with Crippen LogP contribution in [-0.4, -0.2) is 79.9 Å². The summed E-state index contributed by atoms with van der Waals surface area (Å²) < 4.78 is 23.3. The van der Waals surface area contributed by atoms with E-state index in [1.54, 1.807) is 4.90 Å². The van der Waals surface area contributed by atoms with Crippen LogP contribution in [0.15, 0.2) is 0 Å². The van der Waals surface area contributed by atoms with E-state index in [1.807, 2.05) is 6.92 Å². The molecule has 0 spiro atoms. The fraction of sp³-hybridized carbons (Fsp3) is 0.933. The zero-order chi connectivity index (χ0) is 15.7. The van der Waals surface area contributed by atoms with E-state index < -0.39 is 9.84 Å². The Morgan fingerprint density at radius 2 is 1.96 bits per heavy atom. The van der Waals surface area contributed by atoms with Gasteiger partial charge in [-0.1, -0.05) is 0 Å². The number of hydrogen-bond acceptors (Lipinski definition) is 5. The Bertz CT molecular complexity index is 528. The van der Waals surface area contributed by atoms with Crippen molar-refractivity contribution in [2.45, 2.75) is 50.7 Å². The van der Waals surface area contributed by atoms with Crippen molar-refractivity contribution in [2.75, 3.05) is 37.7 Å². The van der Waals surface area contributed by atoms with E-state index in [4.69, 9.17) is 0 Å². The predicted molar refractivity (Wildman–Crippen MR) is 92.7 cm³/mol. The summed E-state index contributed by atoms with van der Waals surface area (Å²) in [6, 6.07) is 1.01. The first-order valence-electron chi connectivity index (χ1n) is 8.45. The number of nitrogens with zero attached hydrogens (tertiary/aromatic N) is 2. The fourth-order valence-corrected chi connectivity index (χ4v) is 5.83. The van der Waals surface area contributed by atoms with Crippen molar-refractivity contribution in [2.24, 2.45) is 0 Å². The summed E-state index contributed by atoms with van der Waals surface area (Å²) in [5.74, 6) is 0.444. The maximum Gasteiger partial charge on any atom is 0.237 e. The molecule has 3 unspecified atom stereocenters. The molecule has 134 valence electrons. The lowest BCUT2D eigenvalue weighted by Crippen LogP contribution is -2.47. The molecule has 0 saturated carbocycles. The second-order valence-corrected chi connectivity index (χ2v) is 9.13. The van der Waals surface area contributed by atoms with Crippen LogP contribution in [0.3, 0.4) is 0 Å². The van der Waals surface area contributed by atoms with Crippen LogP contribution in [-0.2, 0) is 14.6 Å². The predicted octanol–water partition coefficient (Wildman–Crippen LogP) is 0.270. The van der Waals surface area contributed by atoms with E-state index in [9.17, 15) is 13.2 Å². The topological polar surface area (TPSA) is 69.7 Å². The molecule has 0 aromatic rings. The molecule has 3 atom stereocenters. The Kier molecular flexibility index (Phi) is 6.33. The summed E-state index contributed by atoms with van der Waals surface area (Å²) in [5, 5.41) is 3.62. The average molecular weight is 366 g/mol. The van der Waals surface area contributed by atoms with Gasteiger partial charge in [-0.2, -0.15) is 0 Å². The highest BCUT2D eigenvalue weighted by Gasteiger charge is 2.35. The minimum absolute atomic E-state index is 0. The van der Waals surface area contributed by atoms with Crippen LogP contribution in [0.5, 0.6) is 0 Å². The van der Waals surface area contributed by atoms with Crippen LogP contribution in [0.4, 0.5) is 0 Å². The summed E-state index contributed by atoms with van der Waals surface area (Å²) in [5.41, 5.74) is 0. The van der Waals surface area contributed by atoms with Gasteiger partial charge in [-0.25, -0.2) is 8.42 Å². The lowest BCUT2D eigenvalue weighted by atomic mass is 10.1. The van der Waals surface area contributed by atoms with Crippen LogP contribution >= 0.6 is 12.4 Å². The van der Waals surface area contributed by atoms with Crippen molar-refractivity contribution < 1.29 is 13.2 Å². The number of amides is 1. The largest absolute Gasteiger partial charge is 0.338 e. The van der Waals surface area contributed by atoms with Crippen molar-refractivity contribution in [3.63, 3.8) is 0 Å². The molecule has 3 aliphatic heterocycles. The Hall–Kier alpha value is -0.370. The number of sulfone groups is 1. The van der Waals surface area contributed by atoms with Gasteiger partial charge in [-0.05, 0) is 32.6 Å². The first kappa shape index (κ1) is 19.0. The highest BCUT2D eigenvalue weighted by Crippen LogP contribution is 2.21. The molecule has 6 nitrogen and oxygen atoms in total. The van der Waals surface area contributed by atoms with Crippen LogP contribution in [0, 0.1) is 0 Å². The van der Waals surface area contributed by atoms with E-state index in [0.29, 0.717) is 31.6 Å². The van der Waals surface area contributed by atoms with Gasteiger partial charge >= 0.3 is 0 Å². The summed E-state index contributed by atoms with van der Waals surface area (Å²) in [6.45, 7) is 4.85. The Morgan fingerprint density at radius 1 is 1.22 bits per heavy atom. The van der Waals surface area contributed by atoms with E-state index >= 15 is 0 Å². The molecular formula is C15H28ClN3O3S. The Balaban J connectivity index is 0.00000192. The zero-order valence-electron chi connectivity index (χ0n) is 13.7. The third kappa shape index (κ3) is 4.59. The van der Waals surface area contributed by atoms with Gasteiger partial charge in [-0.15, -0.1) is 12.4 Å². The van der Waals surface area contributed by atoms with Crippen molar-refractivity contribution >= 4 is 28.2 Å². The summed E-state index contributed by atoms with van der Waals surface area (Å²) in [7, 11) is -2.95. The molecule has 0 radical (unpaired) electrons. The van der Waals surface area contributed by atoms with Crippen molar-refractivity contribution in [3.05, 3.63) is 0 Å². The molecule has 3 heterocycles. The Morgan fingerprint density at radius 3 is 2.61 bits per heavy atom. The number of carbonyl (C=O) groups excluding carboxylic acids is 1. The zero-order valence-corrected chi connectivity index (χ0v) is 15.4. The highest BCUT2D eigenvalue weighted by molar-refractivity contribution is 7.91. The number of carbonyl (C=O) groups is 1. The number of rotatable bonds is 4. The highest BCUT2D eigenvalue weighted by atomic mass is 35.5. The van der Waals surface area contributed by atoms with Gasteiger partial charge in [0.1, 0.15) is 0 Å². The molecular weight excluding hydrogens is 338 g/mol. The molecule has 3 rings (SSSR count). The van der Waals surface area contributed by atoms with Gasteiger partial charge in [0.15, 0.2) is 9.84 Å². The van der Waals surface area contributed by atoms with Gasteiger partial charge in [0.2, 0.25) is 5.91 Å². The molecule has 1 amide bonds.